The molecule has 136 valence electrons. The second kappa shape index (κ2) is 9.22. The highest BCUT2D eigenvalue weighted by molar-refractivity contribution is 7.90. The highest BCUT2D eigenvalue weighted by atomic mass is 32.2. The molecule has 0 radical (unpaired) electrons. The summed E-state index contributed by atoms with van der Waals surface area (Å²) >= 11 is 0. The third-order valence-corrected chi connectivity index (χ3v) is 5.38. The van der Waals surface area contributed by atoms with Crippen molar-refractivity contribution in [2.24, 2.45) is 4.99 Å². The minimum absolute atomic E-state index is 0.0442. The molecular formula is C16H24N6O2S. The van der Waals surface area contributed by atoms with E-state index in [0.29, 0.717) is 12.2 Å². The first-order chi connectivity index (χ1) is 12.1. The zero-order chi connectivity index (χ0) is 18.1. The maximum atomic E-state index is 12.7. The van der Waals surface area contributed by atoms with E-state index in [9.17, 15) is 8.42 Å². The van der Waals surface area contributed by atoms with Crippen LogP contribution in [0.25, 0.3) is 0 Å². The molecule has 3 N–H and O–H groups in total. The number of pyridine rings is 1. The summed E-state index contributed by atoms with van der Waals surface area (Å²) in [5.41, 5.74) is 0.516. The lowest BCUT2D eigenvalue weighted by atomic mass is 10.1. The number of hydrogen-bond donors (Lipinski definition) is 3. The van der Waals surface area contributed by atoms with E-state index in [-0.39, 0.29) is 16.9 Å². The maximum absolute atomic E-state index is 12.7. The molecule has 1 aliphatic rings. The summed E-state index contributed by atoms with van der Waals surface area (Å²) < 4.78 is 27.7. The molecule has 1 aliphatic carbocycles. The summed E-state index contributed by atoms with van der Waals surface area (Å²) in [6.45, 7) is 2.09. The highest BCUT2D eigenvalue weighted by Gasteiger charge is 2.22. The van der Waals surface area contributed by atoms with Gasteiger partial charge in [0, 0.05) is 25.0 Å². The van der Waals surface area contributed by atoms with E-state index in [1.165, 1.54) is 19.0 Å². The Labute approximate surface area is 148 Å². The van der Waals surface area contributed by atoms with E-state index in [4.69, 9.17) is 5.26 Å². The molecule has 8 nitrogen and oxygen atoms in total. The monoisotopic (exact) mass is 364 g/mol. The van der Waals surface area contributed by atoms with Crippen molar-refractivity contribution in [2.45, 2.75) is 56.4 Å². The van der Waals surface area contributed by atoms with Crippen molar-refractivity contribution in [3.05, 3.63) is 18.5 Å². The molecule has 1 fully saturated rings. The minimum atomic E-state index is -3.91. The molecule has 0 unspecified atom stereocenters. The molecule has 1 aromatic heterocycles. The predicted molar refractivity (Wildman–Crippen MR) is 96.4 cm³/mol. The number of aromatic nitrogens is 1. The third kappa shape index (κ3) is 5.60. The Morgan fingerprint density at radius 3 is 2.72 bits per heavy atom. The fourth-order valence-electron chi connectivity index (χ4n) is 2.85. The van der Waals surface area contributed by atoms with Crippen molar-refractivity contribution in [2.75, 3.05) is 11.9 Å². The Morgan fingerprint density at radius 2 is 2.08 bits per heavy atom. The number of nitriles is 1. The predicted octanol–water partition coefficient (Wildman–Crippen LogP) is 1.94. The van der Waals surface area contributed by atoms with Crippen molar-refractivity contribution in [1.82, 2.24) is 15.0 Å². The molecule has 0 saturated heterocycles. The van der Waals surface area contributed by atoms with Gasteiger partial charge < -0.3 is 5.32 Å². The van der Waals surface area contributed by atoms with Gasteiger partial charge in [0.15, 0.2) is 6.19 Å². The first kappa shape index (κ1) is 19.0. The van der Waals surface area contributed by atoms with E-state index >= 15 is 0 Å². The van der Waals surface area contributed by atoms with Crippen LogP contribution in [0, 0.1) is 11.5 Å². The molecular weight excluding hydrogens is 340 g/mol. The highest BCUT2D eigenvalue weighted by Crippen LogP contribution is 2.25. The molecule has 25 heavy (non-hydrogen) atoms. The third-order valence-electron chi connectivity index (χ3n) is 4.01. The zero-order valence-electron chi connectivity index (χ0n) is 14.3. The molecule has 1 saturated carbocycles. The van der Waals surface area contributed by atoms with Gasteiger partial charge in [0.1, 0.15) is 4.90 Å². The Bertz CT molecular complexity index is 733. The summed E-state index contributed by atoms with van der Waals surface area (Å²) in [6, 6.07) is 1.91. The summed E-state index contributed by atoms with van der Waals surface area (Å²) in [6.07, 6.45) is 11.3. The Hall–Kier alpha value is -2.34. The molecule has 9 heteroatoms. The van der Waals surface area contributed by atoms with Gasteiger partial charge in [0.2, 0.25) is 5.96 Å². The summed E-state index contributed by atoms with van der Waals surface area (Å²) in [4.78, 5) is 7.92. The van der Waals surface area contributed by atoms with Gasteiger partial charge in [0.05, 0.1) is 5.69 Å². The smallest absolute Gasteiger partial charge is 0.267 e. The standard InChI is InChI=1S/C16H24N6O2S/c1-2-19-16(20-12-17)22-25(23,24)15-11-18-10-9-14(15)21-13-7-5-3-4-6-8-13/h9-11,13H,2-8H2,1H3,(H,18,21)(H2,19,20,22). The van der Waals surface area contributed by atoms with E-state index < -0.39 is 10.0 Å². The number of rotatable bonds is 5. The van der Waals surface area contributed by atoms with Crippen LogP contribution >= 0.6 is 0 Å². The van der Waals surface area contributed by atoms with Crippen LogP contribution in [0.3, 0.4) is 0 Å². The van der Waals surface area contributed by atoms with Crippen molar-refractivity contribution in [3.63, 3.8) is 0 Å². The number of guanidine groups is 1. The lowest BCUT2D eigenvalue weighted by Gasteiger charge is -2.20. The van der Waals surface area contributed by atoms with Crippen LogP contribution in [0.5, 0.6) is 0 Å². The van der Waals surface area contributed by atoms with Crippen molar-refractivity contribution in [1.29, 1.82) is 5.26 Å². The Kier molecular flexibility index (Phi) is 7.01. The van der Waals surface area contributed by atoms with Gasteiger partial charge >= 0.3 is 0 Å². The molecule has 0 spiro atoms. The number of sulfonamides is 1. The lowest BCUT2D eigenvalue weighted by Crippen LogP contribution is -2.39. The molecule has 0 amide bonds. The number of nitrogens with one attached hydrogen (secondary N) is 3. The van der Waals surface area contributed by atoms with Crippen LogP contribution in [0.15, 0.2) is 28.3 Å². The zero-order valence-corrected chi connectivity index (χ0v) is 15.1. The quantitative estimate of drug-likeness (QED) is 0.241. The SMILES string of the molecule is CCN=C(NC#N)NS(=O)(=O)c1cnccc1NC1CCCCCC1. The van der Waals surface area contributed by atoms with Crippen LogP contribution < -0.4 is 15.4 Å². The van der Waals surface area contributed by atoms with Gasteiger partial charge in [-0.2, -0.15) is 5.26 Å². The number of aliphatic imine (C=N–C) groups is 1. The number of hydrogen-bond acceptors (Lipinski definition) is 6. The van der Waals surface area contributed by atoms with E-state index in [1.807, 2.05) is 0 Å². The molecule has 0 bridgehead atoms. The fraction of sp³-hybridized carbons (Fsp3) is 0.562. The topological polar surface area (TPSA) is 119 Å². The summed E-state index contributed by atoms with van der Waals surface area (Å²) in [7, 11) is -3.91. The van der Waals surface area contributed by atoms with Crippen LogP contribution in [-0.4, -0.2) is 31.9 Å². The summed E-state index contributed by atoms with van der Waals surface area (Å²) in [5.74, 6) is -0.103. The van der Waals surface area contributed by atoms with Gasteiger partial charge in [-0.1, -0.05) is 25.7 Å². The average molecular weight is 364 g/mol. The Morgan fingerprint density at radius 1 is 1.36 bits per heavy atom. The normalized spacial score (nSPS) is 16.6. The van der Waals surface area contributed by atoms with Crippen LogP contribution in [0.4, 0.5) is 5.69 Å². The van der Waals surface area contributed by atoms with Crippen molar-refractivity contribution in [3.8, 4) is 6.19 Å². The summed E-state index contributed by atoms with van der Waals surface area (Å²) in [5, 5.41) is 14.3. The first-order valence-electron chi connectivity index (χ1n) is 8.49. The van der Waals surface area contributed by atoms with E-state index in [1.54, 1.807) is 25.4 Å². The average Bonchev–Trinajstić information content (AvgIpc) is 2.84. The van der Waals surface area contributed by atoms with Gasteiger partial charge in [-0.05, 0) is 25.8 Å². The second-order valence-electron chi connectivity index (χ2n) is 5.87. The number of anilines is 1. The fourth-order valence-corrected chi connectivity index (χ4v) is 3.94. The minimum Gasteiger partial charge on any atom is -0.381 e. The molecule has 0 atom stereocenters. The van der Waals surface area contributed by atoms with Gasteiger partial charge in [-0.15, -0.1) is 0 Å². The number of nitrogens with zero attached hydrogens (tertiary/aromatic N) is 3. The van der Waals surface area contributed by atoms with E-state index in [2.05, 4.69) is 25.3 Å². The largest absolute Gasteiger partial charge is 0.381 e. The molecule has 1 aromatic rings. The van der Waals surface area contributed by atoms with Crippen molar-refractivity contribution < 1.29 is 8.42 Å². The molecule has 2 rings (SSSR count). The maximum Gasteiger partial charge on any atom is 0.267 e. The van der Waals surface area contributed by atoms with Crippen molar-refractivity contribution >= 4 is 21.7 Å². The van der Waals surface area contributed by atoms with Gasteiger partial charge in [-0.3, -0.25) is 15.3 Å². The van der Waals surface area contributed by atoms with E-state index in [0.717, 1.165) is 25.7 Å². The second-order valence-corrected chi connectivity index (χ2v) is 7.52. The van der Waals surface area contributed by atoms with Crippen LogP contribution in [0.2, 0.25) is 0 Å². The first-order valence-corrected chi connectivity index (χ1v) is 9.98. The molecule has 1 heterocycles. The Balaban J connectivity index is 2.23. The molecule has 0 aromatic carbocycles. The molecule has 0 aliphatic heterocycles. The lowest BCUT2D eigenvalue weighted by molar-refractivity contribution is 0.590. The van der Waals surface area contributed by atoms with Gasteiger partial charge in [0.25, 0.3) is 10.0 Å². The van der Waals surface area contributed by atoms with Gasteiger partial charge in [-0.25, -0.2) is 13.1 Å². The van der Waals surface area contributed by atoms with Crippen LogP contribution in [-0.2, 0) is 10.0 Å². The van der Waals surface area contributed by atoms with Crippen LogP contribution in [0.1, 0.15) is 45.4 Å².